The van der Waals surface area contributed by atoms with Crippen LogP contribution in [0.2, 0.25) is 0 Å². The molecule has 17 heavy (non-hydrogen) atoms. The zero-order chi connectivity index (χ0) is 12.1. The monoisotopic (exact) mass is 255 g/mol. The van der Waals surface area contributed by atoms with Crippen molar-refractivity contribution < 1.29 is 14.3 Å². The van der Waals surface area contributed by atoms with E-state index < -0.39 is 0 Å². The third-order valence-corrected chi connectivity index (χ3v) is 3.66. The minimum Gasteiger partial charge on any atom is -0.497 e. The van der Waals surface area contributed by atoms with Gasteiger partial charge in [0, 0.05) is 24.3 Å². The van der Waals surface area contributed by atoms with E-state index in [1.807, 2.05) is 22.9 Å². The standard InChI is InChI=1S/C12H17NO3S/c1-14-9-16-13-5-6-17-12-4-3-11(15-2)7-10(12)8-13/h3-4,7H,5-6,8-9H2,1-2H3. The number of benzene rings is 1. The van der Waals surface area contributed by atoms with Crippen LogP contribution in [0.15, 0.2) is 23.1 Å². The van der Waals surface area contributed by atoms with Crippen molar-refractivity contribution in [1.82, 2.24) is 5.06 Å². The normalized spacial score (nSPS) is 16.4. The number of rotatable bonds is 4. The predicted octanol–water partition coefficient (Wildman–Crippen LogP) is 2.14. The first-order valence-electron chi connectivity index (χ1n) is 5.50. The lowest BCUT2D eigenvalue weighted by Crippen LogP contribution is -2.25. The van der Waals surface area contributed by atoms with Crippen LogP contribution in [-0.4, -0.2) is 38.4 Å². The topological polar surface area (TPSA) is 30.9 Å². The number of hydroxylamine groups is 2. The molecule has 1 heterocycles. The summed E-state index contributed by atoms with van der Waals surface area (Å²) in [4.78, 5) is 6.80. The molecule has 0 unspecified atom stereocenters. The average molecular weight is 255 g/mol. The predicted molar refractivity (Wildman–Crippen MR) is 67.1 cm³/mol. The van der Waals surface area contributed by atoms with Crippen LogP contribution in [-0.2, 0) is 16.1 Å². The summed E-state index contributed by atoms with van der Waals surface area (Å²) in [5.74, 6) is 1.90. The number of fused-ring (bicyclic) bond motifs is 1. The number of hydrogen-bond donors (Lipinski definition) is 0. The lowest BCUT2D eigenvalue weighted by Gasteiger charge is -2.19. The third-order valence-electron chi connectivity index (χ3n) is 2.57. The van der Waals surface area contributed by atoms with Gasteiger partial charge in [0.15, 0.2) is 6.79 Å². The van der Waals surface area contributed by atoms with Crippen molar-refractivity contribution in [1.29, 1.82) is 0 Å². The van der Waals surface area contributed by atoms with Gasteiger partial charge in [0.25, 0.3) is 0 Å². The van der Waals surface area contributed by atoms with E-state index in [9.17, 15) is 0 Å². The van der Waals surface area contributed by atoms with Crippen LogP contribution in [0.3, 0.4) is 0 Å². The minimum absolute atomic E-state index is 0.296. The highest BCUT2D eigenvalue weighted by Gasteiger charge is 2.15. The Morgan fingerprint density at radius 2 is 2.24 bits per heavy atom. The molecular weight excluding hydrogens is 238 g/mol. The smallest absolute Gasteiger partial charge is 0.166 e. The second-order valence-electron chi connectivity index (χ2n) is 3.72. The number of ether oxygens (including phenoxy) is 2. The second kappa shape index (κ2) is 6.26. The van der Waals surface area contributed by atoms with Crippen LogP contribution in [0.1, 0.15) is 5.56 Å². The van der Waals surface area contributed by atoms with Crippen molar-refractivity contribution in [2.24, 2.45) is 0 Å². The van der Waals surface area contributed by atoms with Gasteiger partial charge in [-0.3, -0.25) is 4.84 Å². The largest absolute Gasteiger partial charge is 0.497 e. The molecule has 0 aromatic heterocycles. The molecule has 0 saturated heterocycles. The van der Waals surface area contributed by atoms with E-state index in [0.29, 0.717) is 6.79 Å². The highest BCUT2D eigenvalue weighted by Crippen LogP contribution is 2.30. The van der Waals surface area contributed by atoms with Crippen molar-refractivity contribution in [3.8, 4) is 5.75 Å². The van der Waals surface area contributed by atoms with Gasteiger partial charge in [-0.15, -0.1) is 11.8 Å². The maximum atomic E-state index is 5.50. The van der Waals surface area contributed by atoms with Crippen LogP contribution >= 0.6 is 11.8 Å². The van der Waals surface area contributed by atoms with E-state index in [1.165, 1.54) is 10.5 Å². The summed E-state index contributed by atoms with van der Waals surface area (Å²) in [6.45, 7) is 1.96. The molecule has 4 nitrogen and oxygen atoms in total. The van der Waals surface area contributed by atoms with Crippen LogP contribution in [0.5, 0.6) is 5.75 Å². The Labute approximate surface area is 106 Å². The number of hydrogen-bond acceptors (Lipinski definition) is 5. The summed E-state index contributed by atoms with van der Waals surface area (Å²) in [5.41, 5.74) is 1.24. The van der Waals surface area contributed by atoms with Gasteiger partial charge in [-0.2, -0.15) is 5.06 Å². The molecule has 0 fully saturated rings. The highest BCUT2D eigenvalue weighted by molar-refractivity contribution is 7.99. The third kappa shape index (κ3) is 3.35. The van der Waals surface area contributed by atoms with Gasteiger partial charge in [0.05, 0.1) is 13.7 Å². The molecule has 0 radical (unpaired) electrons. The first-order valence-corrected chi connectivity index (χ1v) is 6.48. The van der Waals surface area contributed by atoms with E-state index in [4.69, 9.17) is 14.3 Å². The quantitative estimate of drug-likeness (QED) is 0.769. The van der Waals surface area contributed by atoms with Crippen molar-refractivity contribution in [3.05, 3.63) is 23.8 Å². The Kier molecular flexibility index (Phi) is 4.67. The van der Waals surface area contributed by atoms with Crippen LogP contribution in [0, 0.1) is 0 Å². The summed E-state index contributed by atoms with van der Waals surface area (Å²) >= 11 is 1.85. The molecule has 5 heteroatoms. The molecule has 0 N–H and O–H groups in total. The fourth-order valence-electron chi connectivity index (χ4n) is 1.71. The highest BCUT2D eigenvalue weighted by atomic mass is 32.2. The van der Waals surface area contributed by atoms with Gasteiger partial charge in [-0.25, -0.2) is 0 Å². The zero-order valence-electron chi connectivity index (χ0n) is 10.1. The van der Waals surface area contributed by atoms with Crippen LogP contribution in [0.25, 0.3) is 0 Å². The number of nitrogens with zero attached hydrogens (tertiary/aromatic N) is 1. The molecule has 0 bridgehead atoms. The van der Waals surface area contributed by atoms with E-state index in [-0.39, 0.29) is 0 Å². The average Bonchev–Trinajstić information content (AvgIpc) is 2.56. The molecule has 94 valence electrons. The Bertz CT molecular complexity index is 371. The summed E-state index contributed by atoms with van der Waals surface area (Å²) in [7, 11) is 3.31. The Balaban J connectivity index is 2.11. The van der Waals surface area contributed by atoms with Crippen molar-refractivity contribution in [3.63, 3.8) is 0 Å². The molecule has 0 aliphatic carbocycles. The molecule has 1 aliphatic heterocycles. The van der Waals surface area contributed by atoms with E-state index in [0.717, 1.165) is 24.6 Å². The van der Waals surface area contributed by atoms with Crippen LogP contribution in [0.4, 0.5) is 0 Å². The molecule has 1 aromatic carbocycles. The van der Waals surface area contributed by atoms with Gasteiger partial charge in [0.2, 0.25) is 0 Å². The van der Waals surface area contributed by atoms with Crippen molar-refractivity contribution in [2.45, 2.75) is 11.4 Å². The molecule has 0 spiro atoms. The lowest BCUT2D eigenvalue weighted by molar-refractivity contribution is -0.220. The number of thioether (sulfide) groups is 1. The molecule has 0 saturated carbocycles. The minimum atomic E-state index is 0.296. The lowest BCUT2D eigenvalue weighted by atomic mass is 10.2. The van der Waals surface area contributed by atoms with Gasteiger partial charge in [0.1, 0.15) is 5.75 Å². The maximum absolute atomic E-state index is 5.50. The van der Waals surface area contributed by atoms with E-state index in [1.54, 1.807) is 14.2 Å². The number of methoxy groups -OCH3 is 2. The van der Waals surface area contributed by atoms with E-state index >= 15 is 0 Å². The van der Waals surface area contributed by atoms with Crippen molar-refractivity contribution in [2.75, 3.05) is 33.3 Å². The molecule has 0 atom stereocenters. The van der Waals surface area contributed by atoms with Crippen molar-refractivity contribution >= 4 is 11.8 Å². The Hall–Kier alpha value is -0.750. The SMILES string of the molecule is COCON1CCSc2ccc(OC)cc2C1. The molecule has 1 aliphatic rings. The van der Waals surface area contributed by atoms with Gasteiger partial charge < -0.3 is 9.47 Å². The molecule has 0 amide bonds. The van der Waals surface area contributed by atoms with Crippen LogP contribution < -0.4 is 4.74 Å². The van der Waals surface area contributed by atoms with Gasteiger partial charge in [-0.1, -0.05) is 0 Å². The zero-order valence-corrected chi connectivity index (χ0v) is 11.0. The first kappa shape index (κ1) is 12.7. The van der Waals surface area contributed by atoms with Gasteiger partial charge in [-0.05, 0) is 23.8 Å². The molecular formula is C12H17NO3S. The van der Waals surface area contributed by atoms with E-state index in [2.05, 4.69) is 12.1 Å². The fourth-order valence-corrected chi connectivity index (χ4v) is 2.70. The summed E-state index contributed by atoms with van der Waals surface area (Å²) < 4.78 is 10.2. The Morgan fingerprint density at radius 3 is 3.00 bits per heavy atom. The Morgan fingerprint density at radius 1 is 1.35 bits per heavy atom. The first-order chi connectivity index (χ1) is 8.33. The fraction of sp³-hybridized carbons (Fsp3) is 0.500. The summed E-state index contributed by atoms with van der Waals surface area (Å²) in [6, 6.07) is 6.17. The maximum Gasteiger partial charge on any atom is 0.166 e. The summed E-state index contributed by atoms with van der Waals surface area (Å²) in [5, 5.41) is 1.93. The molecule has 2 rings (SSSR count). The summed E-state index contributed by atoms with van der Waals surface area (Å²) in [6.07, 6.45) is 0. The second-order valence-corrected chi connectivity index (χ2v) is 4.86. The molecule has 1 aromatic rings. The van der Waals surface area contributed by atoms with Gasteiger partial charge >= 0.3 is 0 Å².